The van der Waals surface area contributed by atoms with E-state index in [1.807, 2.05) is 0 Å². The maximum Gasteiger partial charge on any atom is 0.339 e. The standard InChI is InChI=1S/C19H17N3O7S2/c1-28-13-5-7-15(8-6-13)31(26,27)29-14-4-2-3-12(9-14)11-20-22-19-21-18(25)16(30-19)10-17(23)24/h2-9,11,16H,10H2,1H3,(H,23,24)(H,21,22,25)/b20-11-/t16-/m0/s1. The van der Waals surface area contributed by atoms with Crippen LogP contribution in [0.2, 0.25) is 0 Å². The molecule has 0 radical (unpaired) electrons. The minimum atomic E-state index is -4.04. The van der Waals surface area contributed by atoms with E-state index in [1.165, 1.54) is 49.7 Å². The molecule has 0 saturated carbocycles. The molecule has 1 fully saturated rings. The molecule has 0 spiro atoms. The number of methoxy groups -OCH3 is 1. The SMILES string of the molecule is COc1ccc(S(=O)(=O)Oc2cccc(/C=N\N=C3\NC(=O)[C@H](CC(=O)O)S3)c2)cc1. The van der Waals surface area contributed by atoms with E-state index < -0.39 is 27.2 Å². The Labute approximate surface area is 182 Å². The molecule has 3 rings (SSSR count). The van der Waals surface area contributed by atoms with Crippen LogP contribution in [0.1, 0.15) is 12.0 Å². The fourth-order valence-electron chi connectivity index (χ4n) is 2.46. The van der Waals surface area contributed by atoms with Gasteiger partial charge in [0, 0.05) is 0 Å². The third kappa shape index (κ3) is 6.06. The van der Waals surface area contributed by atoms with Gasteiger partial charge in [0.15, 0.2) is 5.17 Å². The Morgan fingerprint density at radius 1 is 1.23 bits per heavy atom. The molecule has 1 saturated heterocycles. The van der Waals surface area contributed by atoms with Gasteiger partial charge in [-0.1, -0.05) is 23.9 Å². The van der Waals surface area contributed by atoms with Crippen LogP contribution in [0.25, 0.3) is 0 Å². The summed E-state index contributed by atoms with van der Waals surface area (Å²) in [6.45, 7) is 0. The Morgan fingerprint density at radius 3 is 2.65 bits per heavy atom. The summed E-state index contributed by atoms with van der Waals surface area (Å²) in [7, 11) is -2.56. The number of carboxylic acids is 1. The third-order valence-corrected chi connectivity index (χ3v) is 6.24. The Bertz CT molecular complexity index is 1150. The minimum Gasteiger partial charge on any atom is -0.497 e. The summed E-state index contributed by atoms with van der Waals surface area (Å²) in [5.41, 5.74) is 0.503. The largest absolute Gasteiger partial charge is 0.497 e. The van der Waals surface area contributed by atoms with E-state index in [1.54, 1.807) is 12.1 Å². The normalized spacial score (nSPS) is 17.6. The average molecular weight is 463 g/mol. The molecule has 1 atom stereocenters. The molecular formula is C19H17N3O7S2. The average Bonchev–Trinajstić information content (AvgIpc) is 3.06. The zero-order valence-corrected chi connectivity index (χ0v) is 17.7. The molecule has 31 heavy (non-hydrogen) atoms. The van der Waals surface area contributed by atoms with Gasteiger partial charge in [-0.2, -0.15) is 13.5 Å². The molecule has 1 amide bonds. The van der Waals surface area contributed by atoms with Crippen molar-refractivity contribution in [3.8, 4) is 11.5 Å². The molecule has 0 aromatic heterocycles. The molecule has 162 valence electrons. The van der Waals surface area contributed by atoms with Crippen molar-refractivity contribution >= 4 is 45.1 Å². The fraction of sp³-hybridized carbons (Fsp3) is 0.158. The number of nitrogens with zero attached hydrogens (tertiary/aromatic N) is 2. The first-order chi connectivity index (χ1) is 14.8. The number of thioether (sulfide) groups is 1. The fourth-order valence-corrected chi connectivity index (χ4v) is 4.29. The number of amidine groups is 1. The van der Waals surface area contributed by atoms with Crippen LogP contribution in [0.15, 0.2) is 63.6 Å². The molecule has 1 aliphatic heterocycles. The van der Waals surface area contributed by atoms with E-state index >= 15 is 0 Å². The lowest BCUT2D eigenvalue weighted by molar-refractivity contribution is -0.138. The number of aliphatic carboxylic acids is 1. The van der Waals surface area contributed by atoms with Crippen LogP contribution >= 0.6 is 11.8 Å². The predicted octanol–water partition coefficient (Wildman–Crippen LogP) is 1.86. The number of rotatable bonds is 8. The lowest BCUT2D eigenvalue weighted by atomic mass is 10.2. The zero-order chi connectivity index (χ0) is 22.4. The molecule has 1 aliphatic rings. The molecule has 2 aromatic carbocycles. The number of carbonyl (C=O) groups is 2. The number of ether oxygens (including phenoxy) is 1. The predicted molar refractivity (Wildman–Crippen MR) is 114 cm³/mol. The van der Waals surface area contributed by atoms with Gasteiger partial charge in [0.05, 0.1) is 19.7 Å². The Balaban J connectivity index is 1.67. The summed E-state index contributed by atoms with van der Waals surface area (Å²) in [4.78, 5) is 22.4. The molecule has 10 nitrogen and oxygen atoms in total. The topological polar surface area (TPSA) is 144 Å². The zero-order valence-electron chi connectivity index (χ0n) is 16.1. The van der Waals surface area contributed by atoms with Crippen molar-refractivity contribution in [3.63, 3.8) is 0 Å². The lowest BCUT2D eigenvalue weighted by Gasteiger charge is -2.08. The number of carboxylic acid groups (broad SMARTS) is 1. The molecule has 1 heterocycles. The Hall–Kier alpha value is -3.38. The summed E-state index contributed by atoms with van der Waals surface area (Å²) in [6.07, 6.45) is 1.03. The quantitative estimate of drug-likeness (QED) is 0.343. The Morgan fingerprint density at radius 2 is 1.97 bits per heavy atom. The van der Waals surface area contributed by atoms with Crippen molar-refractivity contribution in [2.24, 2.45) is 10.2 Å². The van der Waals surface area contributed by atoms with Gasteiger partial charge in [0.25, 0.3) is 0 Å². The molecule has 0 aliphatic carbocycles. The van der Waals surface area contributed by atoms with Crippen molar-refractivity contribution in [1.29, 1.82) is 0 Å². The maximum absolute atomic E-state index is 12.4. The van der Waals surface area contributed by atoms with Crippen LogP contribution < -0.4 is 14.2 Å². The van der Waals surface area contributed by atoms with Crippen LogP contribution in [-0.2, 0) is 19.7 Å². The van der Waals surface area contributed by atoms with Crippen molar-refractivity contribution in [2.45, 2.75) is 16.6 Å². The molecule has 0 bridgehead atoms. The van der Waals surface area contributed by atoms with Gasteiger partial charge in [-0.05, 0) is 42.0 Å². The summed E-state index contributed by atoms with van der Waals surface area (Å²) < 4.78 is 35.0. The minimum absolute atomic E-state index is 0.0244. The second-order valence-electron chi connectivity index (χ2n) is 6.13. The molecule has 2 N–H and O–H groups in total. The highest BCUT2D eigenvalue weighted by molar-refractivity contribution is 8.15. The van der Waals surface area contributed by atoms with Crippen LogP contribution in [0.4, 0.5) is 0 Å². The van der Waals surface area contributed by atoms with Gasteiger partial charge in [-0.3, -0.25) is 9.59 Å². The second kappa shape index (κ2) is 9.62. The molecule has 0 unspecified atom stereocenters. The number of amides is 1. The van der Waals surface area contributed by atoms with Crippen LogP contribution in [0.5, 0.6) is 11.5 Å². The van der Waals surface area contributed by atoms with Crippen molar-refractivity contribution in [2.75, 3.05) is 7.11 Å². The van der Waals surface area contributed by atoms with Crippen LogP contribution in [0, 0.1) is 0 Å². The van der Waals surface area contributed by atoms with E-state index in [0.29, 0.717) is 11.3 Å². The van der Waals surface area contributed by atoms with Gasteiger partial charge < -0.3 is 19.3 Å². The number of hydrogen-bond donors (Lipinski definition) is 2. The first-order valence-corrected chi connectivity index (χ1v) is 11.0. The van der Waals surface area contributed by atoms with Crippen molar-refractivity contribution in [1.82, 2.24) is 5.32 Å². The lowest BCUT2D eigenvalue weighted by Crippen LogP contribution is -2.26. The van der Waals surface area contributed by atoms with Gasteiger partial charge >= 0.3 is 16.1 Å². The van der Waals surface area contributed by atoms with Gasteiger partial charge in [-0.15, -0.1) is 5.10 Å². The highest BCUT2D eigenvalue weighted by Crippen LogP contribution is 2.23. The highest BCUT2D eigenvalue weighted by Gasteiger charge is 2.32. The van der Waals surface area contributed by atoms with E-state index in [4.69, 9.17) is 14.0 Å². The smallest absolute Gasteiger partial charge is 0.339 e. The van der Waals surface area contributed by atoms with Gasteiger partial charge in [-0.25, -0.2) is 0 Å². The summed E-state index contributed by atoms with van der Waals surface area (Å²) >= 11 is 0.975. The number of hydrogen-bond acceptors (Lipinski definition) is 9. The third-order valence-electron chi connectivity index (χ3n) is 3.90. The van der Waals surface area contributed by atoms with Crippen LogP contribution in [0.3, 0.4) is 0 Å². The number of benzene rings is 2. The first kappa shape index (κ1) is 22.3. The Kier molecular flexibility index (Phi) is 6.92. The van der Waals surface area contributed by atoms with Crippen molar-refractivity contribution in [3.05, 3.63) is 54.1 Å². The summed E-state index contributed by atoms with van der Waals surface area (Å²) in [5.74, 6) is -0.929. The van der Waals surface area contributed by atoms with E-state index in [9.17, 15) is 18.0 Å². The van der Waals surface area contributed by atoms with E-state index in [0.717, 1.165) is 11.8 Å². The molecule has 12 heteroatoms. The van der Waals surface area contributed by atoms with Crippen LogP contribution in [-0.4, -0.2) is 49.1 Å². The van der Waals surface area contributed by atoms with Gasteiger partial charge in [0.2, 0.25) is 5.91 Å². The first-order valence-electron chi connectivity index (χ1n) is 8.76. The maximum atomic E-state index is 12.4. The second-order valence-corrected chi connectivity index (χ2v) is 8.87. The van der Waals surface area contributed by atoms with E-state index in [2.05, 4.69) is 15.5 Å². The van der Waals surface area contributed by atoms with Gasteiger partial charge in [0.1, 0.15) is 21.6 Å². The summed E-state index contributed by atoms with van der Waals surface area (Å²) in [6, 6.07) is 12.0. The molecular weight excluding hydrogens is 446 g/mol. The molecule has 2 aromatic rings. The van der Waals surface area contributed by atoms with E-state index in [-0.39, 0.29) is 22.2 Å². The monoisotopic (exact) mass is 463 g/mol. The number of nitrogens with one attached hydrogen (secondary N) is 1. The summed E-state index contributed by atoms with van der Waals surface area (Å²) in [5, 5.41) is 18.4. The number of carbonyl (C=O) groups excluding carboxylic acids is 1. The highest BCUT2D eigenvalue weighted by atomic mass is 32.2. The van der Waals surface area contributed by atoms with Crippen molar-refractivity contribution < 1.29 is 32.0 Å².